The molecule has 3 nitrogen and oxygen atoms in total. The Kier molecular flexibility index (Phi) is 5.08. The first-order valence-corrected chi connectivity index (χ1v) is 7.33. The number of anilines is 1. The van der Waals surface area contributed by atoms with Crippen LogP contribution in [0, 0.1) is 5.92 Å². The minimum atomic E-state index is 0.379. The van der Waals surface area contributed by atoms with Crippen LogP contribution in [0.3, 0.4) is 0 Å². The summed E-state index contributed by atoms with van der Waals surface area (Å²) in [6.45, 7) is 5.53. The molecule has 0 radical (unpaired) electrons. The van der Waals surface area contributed by atoms with Gasteiger partial charge in [-0.2, -0.15) is 0 Å². The van der Waals surface area contributed by atoms with E-state index in [2.05, 4.69) is 6.92 Å². The molecule has 2 unspecified atom stereocenters. The van der Waals surface area contributed by atoms with Gasteiger partial charge in [0.05, 0.1) is 19.3 Å². The lowest BCUT2D eigenvalue weighted by molar-refractivity contribution is -0.0161. The lowest BCUT2D eigenvalue weighted by Gasteiger charge is -2.29. The number of ether oxygens (including phenoxy) is 2. The molecule has 0 bridgehead atoms. The highest BCUT2D eigenvalue weighted by Gasteiger charge is 2.22. The minimum Gasteiger partial charge on any atom is -0.494 e. The van der Waals surface area contributed by atoms with Crippen molar-refractivity contribution in [3.63, 3.8) is 0 Å². The zero-order chi connectivity index (χ0) is 13.7. The maximum Gasteiger partial charge on any atom is 0.124 e. The van der Waals surface area contributed by atoms with Gasteiger partial charge < -0.3 is 15.2 Å². The average Bonchev–Trinajstić information content (AvgIpc) is 2.41. The highest BCUT2D eigenvalue weighted by atomic mass is 16.5. The quantitative estimate of drug-likeness (QED) is 0.823. The molecule has 2 atom stereocenters. The van der Waals surface area contributed by atoms with E-state index in [1.807, 2.05) is 25.1 Å². The molecule has 0 amide bonds. The van der Waals surface area contributed by atoms with Gasteiger partial charge in [0, 0.05) is 11.3 Å². The van der Waals surface area contributed by atoms with E-state index in [1.165, 1.54) is 25.7 Å². The topological polar surface area (TPSA) is 44.5 Å². The molecule has 0 aliphatic heterocycles. The van der Waals surface area contributed by atoms with Crippen LogP contribution in [-0.4, -0.2) is 12.7 Å². The third-order valence-electron chi connectivity index (χ3n) is 3.87. The second-order valence-corrected chi connectivity index (χ2v) is 5.41. The number of benzene rings is 1. The van der Waals surface area contributed by atoms with Gasteiger partial charge >= 0.3 is 0 Å². The number of nitrogen functional groups attached to an aromatic ring is 1. The molecule has 0 spiro atoms. The summed E-state index contributed by atoms with van der Waals surface area (Å²) >= 11 is 0. The van der Waals surface area contributed by atoms with Gasteiger partial charge in [0.1, 0.15) is 5.75 Å². The van der Waals surface area contributed by atoms with E-state index in [1.54, 1.807) is 0 Å². The maximum absolute atomic E-state index is 6.09. The predicted molar refractivity (Wildman–Crippen MR) is 78.2 cm³/mol. The van der Waals surface area contributed by atoms with E-state index in [0.29, 0.717) is 25.2 Å². The van der Waals surface area contributed by atoms with E-state index in [4.69, 9.17) is 15.2 Å². The molecule has 1 fully saturated rings. The molecule has 2 rings (SSSR count). The van der Waals surface area contributed by atoms with Crippen molar-refractivity contribution in [3.05, 3.63) is 23.8 Å². The Morgan fingerprint density at radius 2 is 2.05 bits per heavy atom. The summed E-state index contributed by atoms with van der Waals surface area (Å²) in [5.74, 6) is 1.55. The summed E-state index contributed by atoms with van der Waals surface area (Å²) in [5.41, 5.74) is 7.67. The van der Waals surface area contributed by atoms with Crippen LogP contribution in [0.2, 0.25) is 0 Å². The van der Waals surface area contributed by atoms with Gasteiger partial charge in [-0.05, 0) is 43.9 Å². The van der Waals surface area contributed by atoms with Gasteiger partial charge in [-0.15, -0.1) is 0 Å². The predicted octanol–water partition coefficient (Wildman–Crippen LogP) is 3.76. The molecule has 1 aromatic carbocycles. The van der Waals surface area contributed by atoms with Crippen LogP contribution in [0.5, 0.6) is 5.75 Å². The van der Waals surface area contributed by atoms with Gasteiger partial charge in [0.2, 0.25) is 0 Å². The van der Waals surface area contributed by atoms with Crippen molar-refractivity contribution in [2.45, 2.75) is 52.2 Å². The third kappa shape index (κ3) is 3.87. The van der Waals surface area contributed by atoms with E-state index in [0.717, 1.165) is 17.0 Å². The molecule has 3 heteroatoms. The van der Waals surface area contributed by atoms with Gasteiger partial charge in [0.25, 0.3) is 0 Å². The zero-order valence-electron chi connectivity index (χ0n) is 12.0. The largest absolute Gasteiger partial charge is 0.494 e. The van der Waals surface area contributed by atoms with Crippen molar-refractivity contribution in [1.29, 1.82) is 0 Å². The molecule has 0 saturated heterocycles. The lowest BCUT2D eigenvalue weighted by Crippen LogP contribution is -2.25. The van der Waals surface area contributed by atoms with Gasteiger partial charge in [-0.3, -0.25) is 0 Å². The standard InChI is InChI=1S/C16H25NO2/c1-3-18-16-9-8-14(17)10-13(16)11-19-15-7-5-4-6-12(15)2/h8-10,12,15H,3-7,11,17H2,1-2H3. The summed E-state index contributed by atoms with van der Waals surface area (Å²) in [6, 6.07) is 5.76. The second-order valence-electron chi connectivity index (χ2n) is 5.41. The average molecular weight is 263 g/mol. The van der Waals surface area contributed by atoms with Crippen molar-refractivity contribution >= 4 is 5.69 Å². The monoisotopic (exact) mass is 263 g/mol. The minimum absolute atomic E-state index is 0.379. The van der Waals surface area contributed by atoms with E-state index in [9.17, 15) is 0 Å². The Balaban J connectivity index is 1.99. The first kappa shape index (κ1) is 14.2. The van der Waals surface area contributed by atoms with Crippen molar-refractivity contribution in [3.8, 4) is 5.75 Å². The Labute approximate surface area is 116 Å². The summed E-state index contributed by atoms with van der Waals surface area (Å²) < 4.78 is 11.7. The molecular weight excluding hydrogens is 238 g/mol. The number of hydrogen-bond acceptors (Lipinski definition) is 3. The summed E-state index contributed by atoms with van der Waals surface area (Å²) in [5, 5.41) is 0. The molecule has 1 aliphatic carbocycles. The fourth-order valence-electron chi connectivity index (χ4n) is 2.74. The molecular formula is C16H25NO2. The van der Waals surface area contributed by atoms with Crippen LogP contribution in [-0.2, 0) is 11.3 Å². The Morgan fingerprint density at radius 3 is 2.79 bits per heavy atom. The summed E-state index contributed by atoms with van der Waals surface area (Å²) in [6.07, 6.45) is 5.45. The third-order valence-corrected chi connectivity index (χ3v) is 3.87. The molecule has 1 saturated carbocycles. The van der Waals surface area contributed by atoms with E-state index < -0.39 is 0 Å². The Hall–Kier alpha value is -1.22. The molecule has 0 heterocycles. The Morgan fingerprint density at radius 1 is 1.26 bits per heavy atom. The first-order chi connectivity index (χ1) is 9.20. The highest BCUT2D eigenvalue weighted by molar-refractivity contribution is 5.47. The zero-order valence-corrected chi connectivity index (χ0v) is 12.0. The van der Waals surface area contributed by atoms with Crippen LogP contribution in [0.4, 0.5) is 5.69 Å². The van der Waals surface area contributed by atoms with Crippen LogP contribution < -0.4 is 10.5 Å². The summed E-state index contributed by atoms with van der Waals surface area (Å²) in [4.78, 5) is 0. The first-order valence-electron chi connectivity index (χ1n) is 7.33. The van der Waals surface area contributed by atoms with Crippen molar-refractivity contribution in [2.24, 2.45) is 5.92 Å². The fraction of sp³-hybridized carbons (Fsp3) is 0.625. The molecule has 0 aromatic heterocycles. The van der Waals surface area contributed by atoms with E-state index in [-0.39, 0.29) is 0 Å². The van der Waals surface area contributed by atoms with Crippen LogP contribution in [0.25, 0.3) is 0 Å². The van der Waals surface area contributed by atoms with Crippen molar-refractivity contribution < 1.29 is 9.47 Å². The smallest absolute Gasteiger partial charge is 0.124 e. The number of nitrogens with two attached hydrogens (primary N) is 1. The van der Waals surface area contributed by atoms with E-state index >= 15 is 0 Å². The van der Waals surface area contributed by atoms with Crippen LogP contribution >= 0.6 is 0 Å². The molecule has 1 aliphatic rings. The highest BCUT2D eigenvalue weighted by Crippen LogP contribution is 2.29. The maximum atomic E-state index is 6.09. The number of hydrogen-bond donors (Lipinski definition) is 1. The second kappa shape index (κ2) is 6.80. The molecule has 106 valence electrons. The van der Waals surface area contributed by atoms with Gasteiger partial charge in [-0.25, -0.2) is 0 Å². The number of rotatable bonds is 5. The normalized spacial score (nSPS) is 23.3. The van der Waals surface area contributed by atoms with Gasteiger partial charge in [-0.1, -0.05) is 19.8 Å². The molecule has 19 heavy (non-hydrogen) atoms. The lowest BCUT2D eigenvalue weighted by atomic mass is 9.88. The summed E-state index contributed by atoms with van der Waals surface area (Å²) in [7, 11) is 0. The van der Waals surface area contributed by atoms with Crippen molar-refractivity contribution in [1.82, 2.24) is 0 Å². The molecule has 2 N–H and O–H groups in total. The van der Waals surface area contributed by atoms with Crippen molar-refractivity contribution in [2.75, 3.05) is 12.3 Å². The SMILES string of the molecule is CCOc1ccc(N)cc1COC1CCCCC1C. The fourth-order valence-corrected chi connectivity index (χ4v) is 2.74. The van der Waals surface area contributed by atoms with Gasteiger partial charge in [0.15, 0.2) is 0 Å². The van der Waals surface area contributed by atoms with Crippen LogP contribution in [0.1, 0.15) is 45.1 Å². The Bertz CT molecular complexity index is 406. The molecule has 1 aromatic rings. The van der Waals surface area contributed by atoms with Crippen LogP contribution in [0.15, 0.2) is 18.2 Å².